The van der Waals surface area contributed by atoms with Gasteiger partial charge < -0.3 is 9.84 Å². The zero-order valence-corrected chi connectivity index (χ0v) is 13.5. The predicted octanol–water partition coefficient (Wildman–Crippen LogP) is 3.16. The molecule has 0 amide bonds. The van der Waals surface area contributed by atoms with E-state index in [1.165, 1.54) is 6.92 Å². The number of nitro groups is 1. The topological polar surface area (TPSA) is 102 Å². The minimum Gasteiger partial charge on any atom is -0.506 e. The first kappa shape index (κ1) is 20.3. The molecule has 1 aliphatic rings. The number of hydrogen-bond donors (Lipinski definition) is 1. The van der Waals surface area contributed by atoms with Crippen molar-refractivity contribution in [3.05, 3.63) is 44.5 Å². The third-order valence-electron chi connectivity index (χ3n) is 3.49. The molecule has 0 bridgehead atoms. The number of ether oxygens (including phenoxy) is 1. The van der Waals surface area contributed by atoms with Gasteiger partial charge in [0.25, 0.3) is 0 Å². The lowest BCUT2D eigenvalue weighted by Crippen LogP contribution is -2.15. The quantitative estimate of drug-likeness (QED) is 0.0919. The first-order valence-electron chi connectivity index (χ1n) is 7.40. The summed E-state index contributed by atoms with van der Waals surface area (Å²) in [6, 6.07) is -0.872. The fourth-order valence-electron chi connectivity index (χ4n) is 2.04. The normalized spacial score (nSPS) is 19.8. The standard InChI is InChI=1S/C15H11F5N2O5/c1-2-27-15(24)5(4-21-7-3-6(7)16)14(23)8-9(17)10(18)11(19)12(20)13(8)22(25)26/h4,6-7,23H,2-3H2,1H3/b14-5-,21-4?. The van der Waals surface area contributed by atoms with Gasteiger partial charge in [-0.05, 0) is 6.92 Å². The Morgan fingerprint density at radius 1 is 1.30 bits per heavy atom. The summed E-state index contributed by atoms with van der Waals surface area (Å²) in [7, 11) is 0. The van der Waals surface area contributed by atoms with Crippen LogP contribution in [0.1, 0.15) is 18.9 Å². The van der Waals surface area contributed by atoms with Crippen LogP contribution in [0.5, 0.6) is 0 Å². The molecule has 1 saturated carbocycles. The number of nitro benzene ring substituents is 1. The molecule has 1 N–H and O–H groups in total. The van der Waals surface area contributed by atoms with Gasteiger partial charge in [0.05, 0.1) is 17.6 Å². The van der Waals surface area contributed by atoms with Gasteiger partial charge in [0.2, 0.25) is 11.6 Å². The van der Waals surface area contributed by atoms with Crippen molar-refractivity contribution in [3.8, 4) is 0 Å². The second-order valence-electron chi connectivity index (χ2n) is 5.32. The van der Waals surface area contributed by atoms with E-state index < -0.39 is 69.0 Å². The Labute approximate surface area is 147 Å². The van der Waals surface area contributed by atoms with E-state index in [2.05, 4.69) is 9.73 Å². The van der Waals surface area contributed by atoms with Crippen molar-refractivity contribution in [2.45, 2.75) is 25.6 Å². The van der Waals surface area contributed by atoms with E-state index >= 15 is 0 Å². The van der Waals surface area contributed by atoms with E-state index in [9.17, 15) is 42.0 Å². The molecular formula is C15H11F5N2O5. The molecule has 0 aromatic heterocycles. The number of nitrogens with zero attached hydrogens (tertiary/aromatic N) is 2. The van der Waals surface area contributed by atoms with Gasteiger partial charge in [-0.25, -0.2) is 22.4 Å². The number of halogens is 5. The zero-order chi connectivity index (χ0) is 20.5. The van der Waals surface area contributed by atoms with Gasteiger partial charge in [-0.1, -0.05) is 0 Å². The van der Waals surface area contributed by atoms with Crippen LogP contribution in [-0.4, -0.2) is 41.0 Å². The van der Waals surface area contributed by atoms with Crippen molar-refractivity contribution < 1.29 is 41.5 Å². The van der Waals surface area contributed by atoms with Crippen LogP contribution in [0.4, 0.5) is 27.6 Å². The number of rotatable bonds is 6. The van der Waals surface area contributed by atoms with Gasteiger partial charge in [0, 0.05) is 12.6 Å². The molecule has 2 unspecified atom stereocenters. The van der Waals surface area contributed by atoms with Crippen LogP contribution in [-0.2, 0) is 9.53 Å². The van der Waals surface area contributed by atoms with Crippen molar-refractivity contribution in [2.75, 3.05) is 6.61 Å². The number of benzene rings is 1. The van der Waals surface area contributed by atoms with Crippen LogP contribution < -0.4 is 0 Å². The van der Waals surface area contributed by atoms with Crippen molar-refractivity contribution >= 4 is 23.6 Å². The van der Waals surface area contributed by atoms with Gasteiger partial charge in [0.15, 0.2) is 11.6 Å². The van der Waals surface area contributed by atoms with Gasteiger partial charge in [-0.15, -0.1) is 0 Å². The van der Waals surface area contributed by atoms with E-state index in [1.54, 1.807) is 0 Å². The van der Waals surface area contributed by atoms with Crippen molar-refractivity contribution in [1.29, 1.82) is 0 Å². The molecule has 0 radical (unpaired) electrons. The molecule has 0 aliphatic heterocycles. The van der Waals surface area contributed by atoms with Gasteiger partial charge in [0.1, 0.15) is 23.1 Å². The second kappa shape index (κ2) is 7.68. The number of carbonyl (C=O) groups excluding carboxylic acids is 1. The highest BCUT2D eigenvalue weighted by Gasteiger charge is 2.38. The van der Waals surface area contributed by atoms with E-state index in [4.69, 9.17) is 0 Å². The Morgan fingerprint density at radius 3 is 2.33 bits per heavy atom. The molecule has 0 saturated heterocycles. The lowest BCUT2D eigenvalue weighted by Gasteiger charge is -2.10. The summed E-state index contributed by atoms with van der Waals surface area (Å²) in [5.41, 5.74) is -4.67. The van der Waals surface area contributed by atoms with E-state index in [0.29, 0.717) is 6.21 Å². The highest BCUT2D eigenvalue weighted by molar-refractivity contribution is 6.15. The minimum atomic E-state index is -2.47. The predicted molar refractivity (Wildman–Crippen MR) is 80.9 cm³/mol. The summed E-state index contributed by atoms with van der Waals surface area (Å²) in [5.74, 6) is -12.6. The highest BCUT2D eigenvalue weighted by Crippen LogP contribution is 2.35. The molecular weight excluding hydrogens is 383 g/mol. The highest BCUT2D eigenvalue weighted by atomic mass is 19.2. The fraction of sp³-hybridized carbons (Fsp3) is 0.333. The van der Waals surface area contributed by atoms with Crippen molar-refractivity contribution in [2.24, 2.45) is 4.99 Å². The van der Waals surface area contributed by atoms with Crippen LogP contribution in [0.15, 0.2) is 10.6 Å². The average Bonchev–Trinajstić information content (AvgIpc) is 3.31. The molecule has 0 heterocycles. The van der Waals surface area contributed by atoms with E-state index in [-0.39, 0.29) is 13.0 Å². The summed E-state index contributed by atoms with van der Waals surface area (Å²) in [6.45, 7) is 1.10. The molecule has 12 heteroatoms. The number of carbonyl (C=O) groups is 1. The number of aliphatic hydroxyl groups excluding tert-OH is 1. The minimum absolute atomic E-state index is 0.00167. The van der Waals surface area contributed by atoms with Crippen molar-refractivity contribution in [3.63, 3.8) is 0 Å². The number of aliphatic imine (C=N–C) groups is 1. The first-order valence-corrected chi connectivity index (χ1v) is 7.40. The molecule has 7 nitrogen and oxygen atoms in total. The molecule has 27 heavy (non-hydrogen) atoms. The number of esters is 1. The number of alkyl halides is 1. The summed E-state index contributed by atoms with van der Waals surface area (Å²) < 4.78 is 72.0. The Balaban J connectivity index is 2.75. The summed E-state index contributed by atoms with van der Waals surface area (Å²) >= 11 is 0. The Hall–Kier alpha value is -3.05. The van der Waals surface area contributed by atoms with Gasteiger partial charge in [-0.3, -0.25) is 15.1 Å². The molecule has 2 atom stereocenters. The summed E-state index contributed by atoms with van der Waals surface area (Å²) in [6.07, 6.45) is -0.777. The lowest BCUT2D eigenvalue weighted by atomic mass is 10.0. The average molecular weight is 394 g/mol. The zero-order valence-electron chi connectivity index (χ0n) is 13.5. The number of hydrogen-bond acceptors (Lipinski definition) is 6. The summed E-state index contributed by atoms with van der Waals surface area (Å²) in [5, 5.41) is 21.1. The summed E-state index contributed by atoms with van der Waals surface area (Å²) in [4.78, 5) is 24.9. The SMILES string of the molecule is CCOC(=O)/C(C=NC1CC1F)=C(\O)c1c(F)c(F)c(F)c(F)c1[N+](=O)[O-]. The maximum atomic E-state index is 14.1. The van der Waals surface area contributed by atoms with Crippen LogP contribution in [0, 0.1) is 33.4 Å². The van der Waals surface area contributed by atoms with Crippen LogP contribution >= 0.6 is 0 Å². The van der Waals surface area contributed by atoms with Crippen LogP contribution in [0.3, 0.4) is 0 Å². The fourth-order valence-corrected chi connectivity index (χ4v) is 2.04. The van der Waals surface area contributed by atoms with Gasteiger partial charge >= 0.3 is 11.7 Å². The van der Waals surface area contributed by atoms with E-state index in [0.717, 1.165) is 0 Å². The molecule has 1 aromatic carbocycles. The maximum absolute atomic E-state index is 14.1. The Kier molecular flexibility index (Phi) is 5.76. The third-order valence-corrected chi connectivity index (χ3v) is 3.49. The molecule has 1 fully saturated rings. The monoisotopic (exact) mass is 394 g/mol. The van der Waals surface area contributed by atoms with Crippen molar-refractivity contribution in [1.82, 2.24) is 0 Å². The smallest absolute Gasteiger partial charge is 0.343 e. The Bertz CT molecular complexity index is 871. The molecule has 2 rings (SSSR count). The lowest BCUT2D eigenvalue weighted by molar-refractivity contribution is -0.388. The Morgan fingerprint density at radius 2 is 1.85 bits per heavy atom. The third kappa shape index (κ3) is 3.88. The number of aliphatic hydroxyl groups is 1. The maximum Gasteiger partial charge on any atom is 0.343 e. The molecule has 1 aliphatic carbocycles. The van der Waals surface area contributed by atoms with Gasteiger partial charge in [-0.2, -0.15) is 4.39 Å². The molecule has 146 valence electrons. The molecule has 0 spiro atoms. The largest absolute Gasteiger partial charge is 0.506 e. The van der Waals surface area contributed by atoms with Crippen LogP contribution in [0.2, 0.25) is 0 Å². The molecule has 1 aromatic rings. The first-order chi connectivity index (χ1) is 12.6. The van der Waals surface area contributed by atoms with E-state index in [1.807, 2.05) is 0 Å². The van der Waals surface area contributed by atoms with Crippen LogP contribution in [0.25, 0.3) is 5.76 Å². The second-order valence-corrected chi connectivity index (χ2v) is 5.32.